The van der Waals surface area contributed by atoms with Gasteiger partial charge in [-0.05, 0) is 67.4 Å². The average Bonchev–Trinajstić information content (AvgIpc) is 2.99. The smallest absolute Gasteiger partial charge is 0.264 e. The molecule has 0 aliphatic rings. The molecule has 0 aliphatic heterocycles. The van der Waals surface area contributed by atoms with Gasteiger partial charge in [0.05, 0.1) is 34.8 Å². The summed E-state index contributed by atoms with van der Waals surface area (Å²) in [4.78, 5) is 28.4. The molecular formula is C30H35Cl2N3O6S. The molecule has 42 heavy (non-hydrogen) atoms. The lowest BCUT2D eigenvalue weighted by Gasteiger charge is -2.32. The number of carbonyl (C=O) groups is 2. The second kappa shape index (κ2) is 15.1. The molecule has 0 aromatic heterocycles. The molecule has 0 aliphatic carbocycles. The summed E-state index contributed by atoms with van der Waals surface area (Å²) in [7, 11) is -1.39. The lowest BCUT2D eigenvalue weighted by molar-refractivity contribution is -0.139. The van der Waals surface area contributed by atoms with E-state index in [2.05, 4.69) is 5.32 Å². The second-order valence-electron chi connectivity index (χ2n) is 9.45. The molecule has 9 nitrogen and oxygen atoms in total. The number of nitrogens with zero attached hydrogens (tertiary/aromatic N) is 2. The molecule has 3 aromatic rings. The molecule has 0 radical (unpaired) electrons. The number of hydrogen-bond acceptors (Lipinski definition) is 6. The number of rotatable bonds is 14. The van der Waals surface area contributed by atoms with E-state index in [-0.39, 0.29) is 28.8 Å². The quantitative estimate of drug-likeness (QED) is 0.233. The summed E-state index contributed by atoms with van der Waals surface area (Å²) in [5, 5.41) is 3.49. The molecule has 1 N–H and O–H groups in total. The normalized spacial score (nSPS) is 11.9. The topological polar surface area (TPSA) is 105 Å². The first-order chi connectivity index (χ1) is 20.0. The van der Waals surface area contributed by atoms with Crippen LogP contribution in [0.5, 0.6) is 11.5 Å². The van der Waals surface area contributed by atoms with Gasteiger partial charge in [-0.1, -0.05) is 54.7 Å². The van der Waals surface area contributed by atoms with Gasteiger partial charge in [0.2, 0.25) is 11.8 Å². The zero-order valence-electron chi connectivity index (χ0n) is 24.0. The number of carbonyl (C=O) groups excluding carboxylic acids is 2. The van der Waals surface area contributed by atoms with Gasteiger partial charge in [-0.2, -0.15) is 0 Å². The molecule has 0 heterocycles. The molecular weight excluding hydrogens is 601 g/mol. The first-order valence-corrected chi connectivity index (χ1v) is 15.5. The van der Waals surface area contributed by atoms with Crippen molar-refractivity contribution in [3.63, 3.8) is 0 Å². The Morgan fingerprint density at radius 3 is 2.26 bits per heavy atom. The molecule has 226 valence electrons. The summed E-state index contributed by atoms with van der Waals surface area (Å²) in [5.41, 5.74) is 0.784. The highest BCUT2D eigenvalue weighted by Gasteiger charge is 2.33. The summed E-state index contributed by atoms with van der Waals surface area (Å²) in [6.45, 7) is 3.43. The Hall–Kier alpha value is -3.47. The highest BCUT2D eigenvalue weighted by Crippen LogP contribution is 2.33. The van der Waals surface area contributed by atoms with Gasteiger partial charge in [0.15, 0.2) is 0 Å². The van der Waals surface area contributed by atoms with Gasteiger partial charge in [0.1, 0.15) is 24.1 Å². The molecule has 3 aromatic carbocycles. The fraction of sp³-hybridized carbons (Fsp3) is 0.333. The number of halogens is 2. The van der Waals surface area contributed by atoms with Crippen molar-refractivity contribution >= 4 is 50.7 Å². The molecule has 0 saturated heterocycles. The molecule has 0 unspecified atom stereocenters. The van der Waals surface area contributed by atoms with Gasteiger partial charge in [-0.15, -0.1) is 0 Å². The number of benzene rings is 3. The maximum absolute atomic E-state index is 14.1. The molecule has 0 bridgehead atoms. The van der Waals surface area contributed by atoms with Gasteiger partial charge in [-0.3, -0.25) is 13.9 Å². The highest BCUT2D eigenvalue weighted by molar-refractivity contribution is 7.92. The van der Waals surface area contributed by atoms with Crippen LogP contribution in [0.15, 0.2) is 71.6 Å². The van der Waals surface area contributed by atoms with Gasteiger partial charge < -0.3 is 19.7 Å². The van der Waals surface area contributed by atoms with Crippen molar-refractivity contribution in [2.75, 3.05) is 31.6 Å². The number of anilines is 1. The summed E-state index contributed by atoms with van der Waals surface area (Å²) >= 11 is 12.3. The van der Waals surface area contributed by atoms with E-state index in [9.17, 15) is 18.0 Å². The second-order valence-corrected chi connectivity index (χ2v) is 12.1. The van der Waals surface area contributed by atoms with Crippen LogP contribution in [0.3, 0.4) is 0 Å². The van der Waals surface area contributed by atoms with E-state index < -0.39 is 28.5 Å². The first-order valence-electron chi connectivity index (χ1n) is 13.3. The third kappa shape index (κ3) is 8.08. The van der Waals surface area contributed by atoms with Crippen molar-refractivity contribution in [2.45, 2.75) is 44.2 Å². The average molecular weight is 637 g/mol. The highest BCUT2D eigenvalue weighted by atomic mass is 35.5. The van der Waals surface area contributed by atoms with Crippen LogP contribution in [-0.4, -0.2) is 58.5 Å². The molecule has 3 rings (SSSR count). The van der Waals surface area contributed by atoms with E-state index in [1.54, 1.807) is 49.4 Å². The van der Waals surface area contributed by atoms with Gasteiger partial charge >= 0.3 is 0 Å². The monoisotopic (exact) mass is 635 g/mol. The minimum atomic E-state index is -4.28. The van der Waals surface area contributed by atoms with Gasteiger partial charge in [-0.25, -0.2) is 8.42 Å². The van der Waals surface area contributed by atoms with Crippen molar-refractivity contribution in [2.24, 2.45) is 0 Å². The Morgan fingerprint density at radius 1 is 0.952 bits per heavy atom. The van der Waals surface area contributed by atoms with Crippen LogP contribution in [0.25, 0.3) is 0 Å². The van der Waals surface area contributed by atoms with Crippen LogP contribution in [-0.2, 0) is 26.2 Å². The fourth-order valence-corrected chi connectivity index (χ4v) is 5.92. The zero-order chi connectivity index (χ0) is 30.9. The maximum atomic E-state index is 14.1. The zero-order valence-corrected chi connectivity index (χ0v) is 26.3. The number of methoxy groups -OCH3 is 2. The minimum Gasteiger partial charge on any atom is -0.497 e. The molecule has 0 saturated carbocycles. The van der Waals surface area contributed by atoms with Gasteiger partial charge in [0, 0.05) is 13.1 Å². The van der Waals surface area contributed by atoms with Crippen LogP contribution in [0, 0.1) is 0 Å². The lowest BCUT2D eigenvalue weighted by atomic mass is 10.1. The van der Waals surface area contributed by atoms with E-state index >= 15 is 0 Å². The Morgan fingerprint density at radius 2 is 1.64 bits per heavy atom. The SMILES string of the molecule is CCCCNC(=O)[C@H](C)N(Cc1ccc(Cl)c(Cl)c1)C(=O)CN(c1ccccc1OC)S(=O)(=O)c1ccc(OC)cc1. The molecule has 12 heteroatoms. The van der Waals surface area contributed by atoms with E-state index in [1.807, 2.05) is 6.92 Å². The molecule has 1 atom stereocenters. The Labute approximate surface area is 257 Å². The van der Waals surface area contributed by atoms with Gasteiger partial charge in [0.25, 0.3) is 10.0 Å². The number of hydrogen-bond donors (Lipinski definition) is 1. The van der Waals surface area contributed by atoms with E-state index in [1.165, 1.54) is 43.4 Å². The van der Waals surface area contributed by atoms with E-state index in [0.717, 1.165) is 17.1 Å². The van der Waals surface area contributed by atoms with Crippen LogP contribution < -0.4 is 19.1 Å². The number of unbranched alkanes of at least 4 members (excludes halogenated alkanes) is 1. The van der Waals surface area contributed by atoms with Crippen LogP contribution in [0.2, 0.25) is 10.0 Å². The summed E-state index contributed by atoms with van der Waals surface area (Å²) in [6.07, 6.45) is 1.67. The minimum absolute atomic E-state index is 0.0135. The van der Waals surface area contributed by atoms with Crippen molar-refractivity contribution < 1.29 is 27.5 Å². The maximum Gasteiger partial charge on any atom is 0.264 e. The lowest BCUT2D eigenvalue weighted by Crippen LogP contribution is -2.51. The van der Waals surface area contributed by atoms with E-state index in [0.29, 0.717) is 27.9 Å². The Balaban J connectivity index is 2.05. The van der Waals surface area contributed by atoms with Crippen molar-refractivity contribution in [3.05, 3.63) is 82.3 Å². The van der Waals surface area contributed by atoms with Crippen molar-refractivity contribution in [1.29, 1.82) is 0 Å². The van der Waals surface area contributed by atoms with E-state index in [4.69, 9.17) is 32.7 Å². The fourth-order valence-electron chi connectivity index (χ4n) is 4.18. The molecule has 0 spiro atoms. The summed E-state index contributed by atoms with van der Waals surface area (Å²) in [5.74, 6) is -0.241. The summed E-state index contributed by atoms with van der Waals surface area (Å²) < 4.78 is 39.7. The standard InChI is InChI=1S/C30H35Cl2N3O6S/c1-5-6-17-33-30(37)21(2)34(19-22-11-16-25(31)26(32)18-22)29(36)20-35(27-9-7-8-10-28(27)41-4)42(38,39)24-14-12-23(40-3)13-15-24/h7-16,18,21H,5-6,17,19-20H2,1-4H3,(H,33,37)/t21-/m0/s1. The number of nitrogens with one attached hydrogen (secondary N) is 1. The third-order valence-electron chi connectivity index (χ3n) is 6.61. The number of para-hydroxylation sites is 2. The van der Waals surface area contributed by atoms with Crippen molar-refractivity contribution in [1.82, 2.24) is 10.2 Å². The van der Waals surface area contributed by atoms with Crippen molar-refractivity contribution in [3.8, 4) is 11.5 Å². The van der Waals surface area contributed by atoms with Crippen LogP contribution >= 0.6 is 23.2 Å². The Kier molecular flexibility index (Phi) is 11.9. The Bertz CT molecular complexity index is 1480. The molecule has 2 amide bonds. The number of amides is 2. The van der Waals surface area contributed by atoms with Crippen LogP contribution in [0.1, 0.15) is 32.3 Å². The largest absolute Gasteiger partial charge is 0.497 e. The summed E-state index contributed by atoms with van der Waals surface area (Å²) in [6, 6.07) is 16.3. The molecule has 0 fully saturated rings. The predicted molar refractivity (Wildman–Crippen MR) is 165 cm³/mol. The number of ether oxygens (including phenoxy) is 2. The predicted octanol–water partition coefficient (Wildman–Crippen LogP) is 5.54. The number of sulfonamides is 1. The first kappa shape index (κ1) is 33.0. The third-order valence-corrected chi connectivity index (χ3v) is 9.13. The van der Waals surface area contributed by atoms with Crippen LogP contribution in [0.4, 0.5) is 5.69 Å².